The van der Waals surface area contributed by atoms with Gasteiger partial charge in [-0.25, -0.2) is 9.97 Å². The van der Waals surface area contributed by atoms with Crippen LogP contribution in [0, 0.1) is 5.41 Å². The molecule has 0 aliphatic rings. The second kappa shape index (κ2) is 5.61. The molecule has 3 N–H and O–H groups in total. The quantitative estimate of drug-likeness (QED) is 0.614. The molecular weight excluding hydrogens is 222 g/mol. The largest absolute Gasteiger partial charge is 0.395 e. The summed E-state index contributed by atoms with van der Waals surface area (Å²) < 4.78 is 0. The molecule has 16 heavy (non-hydrogen) atoms. The Bertz CT molecular complexity index is 313. The van der Waals surface area contributed by atoms with Crippen LogP contribution >= 0.6 is 11.8 Å². The van der Waals surface area contributed by atoms with E-state index >= 15 is 0 Å². The summed E-state index contributed by atoms with van der Waals surface area (Å²) in [4.78, 5) is 7.97. The number of aromatic nitrogens is 2. The summed E-state index contributed by atoms with van der Waals surface area (Å²) in [6.07, 6.45) is 3.19. The normalized spacial score (nSPS) is 15.8. The zero-order valence-corrected chi connectivity index (χ0v) is 10.7. The summed E-state index contributed by atoms with van der Waals surface area (Å²) in [5.41, 5.74) is 6.09. The van der Waals surface area contributed by atoms with Gasteiger partial charge in [0.05, 0.1) is 11.6 Å². The minimum absolute atomic E-state index is 0.0343. The lowest BCUT2D eigenvalue weighted by atomic mass is 9.85. The van der Waals surface area contributed by atoms with Crippen LogP contribution in [0.4, 0.5) is 0 Å². The van der Waals surface area contributed by atoms with Crippen molar-refractivity contribution in [1.29, 1.82) is 0 Å². The summed E-state index contributed by atoms with van der Waals surface area (Å²) in [6, 6.07) is 1.74. The molecule has 1 aromatic heterocycles. The van der Waals surface area contributed by atoms with E-state index in [2.05, 4.69) is 30.7 Å². The van der Waals surface area contributed by atoms with E-state index in [4.69, 9.17) is 5.73 Å². The van der Waals surface area contributed by atoms with Crippen LogP contribution in [0.15, 0.2) is 23.6 Å². The van der Waals surface area contributed by atoms with E-state index in [1.54, 1.807) is 6.20 Å². The Morgan fingerprint density at radius 2 is 2.19 bits per heavy atom. The second-order valence-corrected chi connectivity index (χ2v) is 6.04. The van der Waals surface area contributed by atoms with Crippen LogP contribution in [-0.2, 0) is 0 Å². The van der Waals surface area contributed by atoms with Crippen molar-refractivity contribution in [3.8, 4) is 0 Å². The summed E-state index contributed by atoms with van der Waals surface area (Å²) in [6.45, 7) is 6.26. The van der Waals surface area contributed by atoms with Crippen LogP contribution in [0.2, 0.25) is 0 Å². The molecule has 2 atom stereocenters. The fourth-order valence-electron chi connectivity index (χ4n) is 1.29. The van der Waals surface area contributed by atoms with Crippen LogP contribution in [0.25, 0.3) is 0 Å². The molecule has 2 unspecified atom stereocenters. The highest BCUT2D eigenvalue weighted by molar-refractivity contribution is 7.99. The standard InChI is InChI=1S/C11H19N3OS/c1-11(2,3)10(12)8(6-15)16-9-4-5-13-7-14-9/h4-5,7-8,10,15H,6,12H2,1-3H3. The molecule has 1 aromatic rings. The third-order valence-electron chi connectivity index (χ3n) is 2.41. The van der Waals surface area contributed by atoms with Gasteiger partial charge in [-0.1, -0.05) is 32.5 Å². The first-order valence-electron chi connectivity index (χ1n) is 5.24. The van der Waals surface area contributed by atoms with Gasteiger partial charge in [0.2, 0.25) is 0 Å². The number of nitrogens with zero attached hydrogens (tertiary/aromatic N) is 2. The highest BCUT2D eigenvalue weighted by Crippen LogP contribution is 2.30. The molecule has 90 valence electrons. The monoisotopic (exact) mass is 241 g/mol. The third kappa shape index (κ3) is 3.73. The Morgan fingerprint density at radius 1 is 1.50 bits per heavy atom. The van der Waals surface area contributed by atoms with Crippen LogP contribution in [0.5, 0.6) is 0 Å². The maximum atomic E-state index is 9.38. The van der Waals surface area contributed by atoms with E-state index in [0.717, 1.165) is 5.03 Å². The van der Waals surface area contributed by atoms with Gasteiger partial charge in [0.15, 0.2) is 0 Å². The van der Waals surface area contributed by atoms with E-state index in [-0.39, 0.29) is 23.3 Å². The van der Waals surface area contributed by atoms with Crippen LogP contribution in [-0.4, -0.2) is 33.0 Å². The molecule has 0 bridgehead atoms. The Labute approximate surface area is 101 Å². The second-order valence-electron chi connectivity index (χ2n) is 4.78. The molecule has 5 heteroatoms. The average Bonchev–Trinajstić information content (AvgIpc) is 2.25. The Balaban J connectivity index is 2.70. The molecule has 1 rings (SSSR count). The Kier molecular flexibility index (Phi) is 4.70. The van der Waals surface area contributed by atoms with Crippen molar-refractivity contribution in [2.75, 3.05) is 6.61 Å². The average molecular weight is 241 g/mol. The highest BCUT2D eigenvalue weighted by atomic mass is 32.2. The van der Waals surface area contributed by atoms with Gasteiger partial charge in [0, 0.05) is 17.5 Å². The lowest BCUT2D eigenvalue weighted by molar-refractivity contribution is 0.233. The smallest absolute Gasteiger partial charge is 0.116 e. The minimum Gasteiger partial charge on any atom is -0.395 e. The van der Waals surface area contributed by atoms with Gasteiger partial charge in [-0.2, -0.15) is 0 Å². The van der Waals surface area contributed by atoms with Crippen molar-refractivity contribution in [1.82, 2.24) is 9.97 Å². The number of hydrogen-bond donors (Lipinski definition) is 2. The first-order chi connectivity index (χ1) is 7.45. The van der Waals surface area contributed by atoms with E-state index in [1.807, 2.05) is 6.07 Å². The zero-order valence-electron chi connectivity index (χ0n) is 9.92. The van der Waals surface area contributed by atoms with Gasteiger partial charge in [-0.05, 0) is 11.5 Å². The van der Waals surface area contributed by atoms with E-state index in [1.165, 1.54) is 18.1 Å². The van der Waals surface area contributed by atoms with Gasteiger partial charge in [-0.3, -0.25) is 0 Å². The summed E-state index contributed by atoms with van der Waals surface area (Å²) >= 11 is 1.50. The van der Waals surface area contributed by atoms with E-state index in [0.29, 0.717) is 0 Å². The number of aliphatic hydroxyl groups excluding tert-OH is 1. The molecule has 0 spiro atoms. The van der Waals surface area contributed by atoms with Crippen molar-refractivity contribution < 1.29 is 5.11 Å². The number of hydrogen-bond acceptors (Lipinski definition) is 5. The van der Waals surface area contributed by atoms with Crippen molar-refractivity contribution >= 4 is 11.8 Å². The van der Waals surface area contributed by atoms with Crippen molar-refractivity contribution in [2.24, 2.45) is 11.1 Å². The summed E-state index contributed by atoms with van der Waals surface area (Å²) in [5.74, 6) is 0. The lowest BCUT2D eigenvalue weighted by Gasteiger charge is -2.32. The zero-order chi connectivity index (χ0) is 12.2. The fourth-order valence-corrected chi connectivity index (χ4v) is 2.47. The highest BCUT2D eigenvalue weighted by Gasteiger charge is 2.29. The third-order valence-corrected chi connectivity index (χ3v) is 3.64. The SMILES string of the molecule is CC(C)(C)C(N)C(CO)Sc1ccncn1. The number of rotatable bonds is 4. The fraction of sp³-hybridized carbons (Fsp3) is 0.636. The Hall–Kier alpha value is -0.650. The number of thioether (sulfide) groups is 1. The van der Waals surface area contributed by atoms with Crippen molar-refractivity contribution in [3.63, 3.8) is 0 Å². The lowest BCUT2D eigenvalue weighted by Crippen LogP contribution is -2.45. The van der Waals surface area contributed by atoms with E-state index < -0.39 is 0 Å². The van der Waals surface area contributed by atoms with Gasteiger partial charge in [-0.15, -0.1) is 0 Å². The van der Waals surface area contributed by atoms with Gasteiger partial charge in [0.25, 0.3) is 0 Å². The first kappa shape index (κ1) is 13.4. The maximum Gasteiger partial charge on any atom is 0.116 e. The first-order valence-corrected chi connectivity index (χ1v) is 6.12. The predicted octanol–water partition coefficient (Wildman–Crippen LogP) is 1.30. The predicted molar refractivity (Wildman–Crippen MR) is 66.2 cm³/mol. The van der Waals surface area contributed by atoms with Gasteiger partial charge < -0.3 is 10.8 Å². The molecular formula is C11H19N3OS. The molecule has 0 aliphatic heterocycles. The molecule has 0 aromatic carbocycles. The van der Waals surface area contributed by atoms with Crippen LogP contribution < -0.4 is 5.73 Å². The van der Waals surface area contributed by atoms with Crippen LogP contribution in [0.1, 0.15) is 20.8 Å². The number of nitrogens with two attached hydrogens (primary N) is 1. The molecule has 0 radical (unpaired) electrons. The molecule has 0 aliphatic carbocycles. The summed E-state index contributed by atoms with van der Waals surface area (Å²) in [5, 5.41) is 10.2. The molecule has 0 fully saturated rings. The van der Waals surface area contributed by atoms with Crippen LogP contribution in [0.3, 0.4) is 0 Å². The van der Waals surface area contributed by atoms with Crippen molar-refractivity contribution in [2.45, 2.75) is 37.1 Å². The molecule has 0 saturated heterocycles. The minimum atomic E-state index is -0.0857. The van der Waals surface area contributed by atoms with Crippen molar-refractivity contribution in [3.05, 3.63) is 18.6 Å². The molecule has 0 amide bonds. The molecule has 0 saturated carbocycles. The van der Waals surface area contributed by atoms with E-state index in [9.17, 15) is 5.11 Å². The Morgan fingerprint density at radius 3 is 2.62 bits per heavy atom. The number of aliphatic hydroxyl groups is 1. The summed E-state index contributed by atoms with van der Waals surface area (Å²) in [7, 11) is 0. The molecule has 1 heterocycles. The van der Waals surface area contributed by atoms with Gasteiger partial charge in [0.1, 0.15) is 6.33 Å². The topological polar surface area (TPSA) is 72.0 Å². The maximum absolute atomic E-state index is 9.38. The molecule has 4 nitrogen and oxygen atoms in total. The van der Waals surface area contributed by atoms with Gasteiger partial charge >= 0.3 is 0 Å².